The van der Waals surface area contributed by atoms with Crippen LogP contribution in [0.25, 0.3) is 0 Å². The summed E-state index contributed by atoms with van der Waals surface area (Å²) >= 11 is 0. The van der Waals surface area contributed by atoms with E-state index in [0.29, 0.717) is 55.6 Å². The molecule has 1 amide bonds. The number of anilines is 1. The Morgan fingerprint density at radius 3 is 2.56 bits per heavy atom. The summed E-state index contributed by atoms with van der Waals surface area (Å²) in [6.07, 6.45) is 1.99. The van der Waals surface area contributed by atoms with Crippen LogP contribution in [0.5, 0.6) is 0 Å². The van der Waals surface area contributed by atoms with E-state index >= 15 is 0 Å². The SMILES string of the molecule is CC(=O)N1CCc2cc(S(=O)(=O)N3CCC(c4nnc(C)o4)CC3)ccc21. The molecule has 27 heavy (non-hydrogen) atoms. The van der Waals surface area contributed by atoms with Crippen LogP contribution in [-0.4, -0.2) is 48.5 Å². The summed E-state index contributed by atoms with van der Waals surface area (Å²) in [6, 6.07) is 5.05. The molecule has 0 aliphatic carbocycles. The molecule has 9 heteroatoms. The molecule has 2 aliphatic heterocycles. The standard InChI is InChI=1S/C18H22N4O4S/c1-12-19-20-18(26-12)14-5-8-21(9-6-14)27(24,25)16-3-4-17-15(11-16)7-10-22(17)13(2)23/h3-4,11,14H,5-10H2,1-2H3. The van der Waals surface area contributed by atoms with Crippen LogP contribution in [0.15, 0.2) is 27.5 Å². The highest BCUT2D eigenvalue weighted by Crippen LogP contribution is 2.33. The Balaban J connectivity index is 1.50. The number of carbonyl (C=O) groups is 1. The minimum atomic E-state index is -3.56. The largest absolute Gasteiger partial charge is 0.425 e. The Bertz CT molecular complexity index is 977. The summed E-state index contributed by atoms with van der Waals surface area (Å²) in [4.78, 5) is 13.6. The molecule has 0 spiro atoms. The van der Waals surface area contributed by atoms with Crippen LogP contribution in [0.1, 0.15) is 43.0 Å². The molecule has 0 bridgehead atoms. The van der Waals surface area contributed by atoms with Gasteiger partial charge in [0.2, 0.25) is 27.7 Å². The summed E-state index contributed by atoms with van der Waals surface area (Å²) in [5, 5.41) is 7.91. The predicted octanol–water partition coefficient (Wildman–Crippen LogP) is 1.86. The van der Waals surface area contributed by atoms with E-state index in [9.17, 15) is 13.2 Å². The Kier molecular flexibility index (Phi) is 4.51. The molecule has 8 nitrogen and oxygen atoms in total. The molecule has 1 aromatic carbocycles. The first-order valence-corrected chi connectivity index (χ1v) is 10.5. The number of fused-ring (bicyclic) bond motifs is 1. The number of piperidine rings is 1. The molecule has 0 atom stereocenters. The van der Waals surface area contributed by atoms with Gasteiger partial charge in [0.05, 0.1) is 4.90 Å². The van der Waals surface area contributed by atoms with E-state index in [1.54, 1.807) is 30.0 Å². The predicted molar refractivity (Wildman–Crippen MR) is 97.9 cm³/mol. The lowest BCUT2D eigenvalue weighted by atomic mass is 9.98. The second kappa shape index (κ2) is 6.72. The molecule has 0 radical (unpaired) electrons. The molecule has 3 heterocycles. The second-order valence-corrected chi connectivity index (χ2v) is 8.99. The Morgan fingerprint density at radius 2 is 1.93 bits per heavy atom. The zero-order chi connectivity index (χ0) is 19.2. The molecule has 1 aromatic heterocycles. The van der Waals surface area contributed by atoms with Crippen molar-refractivity contribution in [2.45, 2.75) is 43.9 Å². The van der Waals surface area contributed by atoms with Gasteiger partial charge in [-0.25, -0.2) is 8.42 Å². The van der Waals surface area contributed by atoms with Crippen LogP contribution in [0.3, 0.4) is 0 Å². The van der Waals surface area contributed by atoms with Gasteiger partial charge in [0.15, 0.2) is 0 Å². The third kappa shape index (κ3) is 3.25. The number of benzene rings is 1. The van der Waals surface area contributed by atoms with E-state index in [0.717, 1.165) is 11.3 Å². The van der Waals surface area contributed by atoms with Gasteiger partial charge in [-0.05, 0) is 43.0 Å². The van der Waals surface area contributed by atoms with Crippen LogP contribution >= 0.6 is 0 Å². The molecule has 0 unspecified atom stereocenters. The zero-order valence-electron chi connectivity index (χ0n) is 15.4. The topological polar surface area (TPSA) is 96.6 Å². The second-order valence-electron chi connectivity index (χ2n) is 7.05. The van der Waals surface area contributed by atoms with Crippen molar-refractivity contribution < 1.29 is 17.6 Å². The van der Waals surface area contributed by atoms with Crippen molar-refractivity contribution in [3.8, 4) is 0 Å². The fraction of sp³-hybridized carbons (Fsp3) is 0.500. The Hall–Kier alpha value is -2.26. The van der Waals surface area contributed by atoms with Crippen molar-refractivity contribution >= 4 is 21.6 Å². The van der Waals surface area contributed by atoms with Crippen LogP contribution in [0.2, 0.25) is 0 Å². The van der Waals surface area contributed by atoms with E-state index in [4.69, 9.17) is 4.42 Å². The average molecular weight is 390 g/mol. The fourth-order valence-corrected chi connectivity index (χ4v) is 5.36. The number of carbonyl (C=O) groups excluding carboxylic acids is 1. The fourth-order valence-electron chi connectivity index (χ4n) is 3.83. The average Bonchev–Trinajstić information content (AvgIpc) is 3.27. The van der Waals surface area contributed by atoms with E-state index in [2.05, 4.69) is 10.2 Å². The zero-order valence-corrected chi connectivity index (χ0v) is 16.2. The maximum Gasteiger partial charge on any atom is 0.243 e. The van der Waals surface area contributed by atoms with Crippen molar-refractivity contribution in [1.82, 2.24) is 14.5 Å². The molecule has 2 aromatic rings. The highest BCUT2D eigenvalue weighted by atomic mass is 32.2. The van der Waals surface area contributed by atoms with Gasteiger partial charge in [-0.15, -0.1) is 10.2 Å². The van der Waals surface area contributed by atoms with Gasteiger partial charge in [0.25, 0.3) is 0 Å². The van der Waals surface area contributed by atoms with E-state index in [1.807, 2.05) is 0 Å². The normalized spacial score (nSPS) is 18.7. The van der Waals surface area contributed by atoms with Gasteiger partial charge in [0.1, 0.15) is 0 Å². The van der Waals surface area contributed by atoms with Crippen molar-refractivity contribution in [2.24, 2.45) is 0 Å². The highest BCUT2D eigenvalue weighted by Gasteiger charge is 2.33. The Morgan fingerprint density at radius 1 is 1.19 bits per heavy atom. The summed E-state index contributed by atoms with van der Waals surface area (Å²) in [6.45, 7) is 4.71. The van der Waals surface area contributed by atoms with Crippen LogP contribution in [0.4, 0.5) is 5.69 Å². The first kappa shape index (κ1) is 18.1. The molecule has 0 N–H and O–H groups in total. The maximum absolute atomic E-state index is 13.0. The minimum Gasteiger partial charge on any atom is -0.425 e. The summed E-state index contributed by atoms with van der Waals surface area (Å²) in [5.74, 6) is 1.19. The Labute approximate surface area is 158 Å². The molecule has 0 saturated carbocycles. The molecule has 144 valence electrons. The van der Waals surface area contributed by atoms with Crippen LogP contribution < -0.4 is 4.90 Å². The van der Waals surface area contributed by atoms with Crippen molar-refractivity contribution in [3.05, 3.63) is 35.5 Å². The third-order valence-corrected chi connectivity index (χ3v) is 7.20. The summed E-state index contributed by atoms with van der Waals surface area (Å²) < 4.78 is 33.1. The minimum absolute atomic E-state index is 0.0253. The molecule has 1 fully saturated rings. The number of sulfonamides is 1. The lowest BCUT2D eigenvalue weighted by Gasteiger charge is -2.29. The first-order valence-electron chi connectivity index (χ1n) is 9.07. The van der Waals surface area contributed by atoms with Crippen LogP contribution in [0, 0.1) is 6.92 Å². The van der Waals surface area contributed by atoms with Gasteiger partial charge in [-0.3, -0.25) is 4.79 Å². The lowest BCUT2D eigenvalue weighted by molar-refractivity contribution is -0.116. The van der Waals surface area contributed by atoms with Gasteiger partial charge >= 0.3 is 0 Å². The van der Waals surface area contributed by atoms with Gasteiger partial charge in [-0.1, -0.05) is 0 Å². The third-order valence-electron chi connectivity index (χ3n) is 5.31. The van der Waals surface area contributed by atoms with E-state index in [-0.39, 0.29) is 11.8 Å². The molecule has 2 aliphatic rings. The van der Waals surface area contributed by atoms with E-state index in [1.165, 1.54) is 11.2 Å². The number of amides is 1. The quantitative estimate of drug-likeness (QED) is 0.794. The number of aromatic nitrogens is 2. The monoisotopic (exact) mass is 390 g/mol. The van der Waals surface area contributed by atoms with Crippen LogP contribution in [-0.2, 0) is 21.2 Å². The number of hydrogen-bond donors (Lipinski definition) is 0. The number of hydrogen-bond acceptors (Lipinski definition) is 6. The summed E-state index contributed by atoms with van der Waals surface area (Å²) in [5.41, 5.74) is 1.72. The molecular formula is C18H22N4O4S. The lowest BCUT2D eigenvalue weighted by Crippen LogP contribution is -2.38. The molecule has 1 saturated heterocycles. The van der Waals surface area contributed by atoms with Gasteiger partial charge < -0.3 is 9.32 Å². The molecule has 4 rings (SSSR count). The van der Waals surface area contributed by atoms with E-state index < -0.39 is 10.0 Å². The van der Waals surface area contributed by atoms with Crippen molar-refractivity contribution in [3.63, 3.8) is 0 Å². The van der Waals surface area contributed by atoms with Crippen molar-refractivity contribution in [1.29, 1.82) is 0 Å². The highest BCUT2D eigenvalue weighted by molar-refractivity contribution is 7.89. The number of rotatable bonds is 3. The van der Waals surface area contributed by atoms with Gasteiger partial charge in [-0.2, -0.15) is 4.31 Å². The first-order chi connectivity index (χ1) is 12.9. The smallest absolute Gasteiger partial charge is 0.243 e. The molecular weight excluding hydrogens is 368 g/mol. The number of nitrogens with zero attached hydrogens (tertiary/aromatic N) is 4. The number of aryl methyl sites for hydroxylation is 1. The van der Waals surface area contributed by atoms with Crippen molar-refractivity contribution in [2.75, 3.05) is 24.5 Å². The maximum atomic E-state index is 13.0. The van der Waals surface area contributed by atoms with Gasteiger partial charge in [0, 0.05) is 45.1 Å². The summed E-state index contributed by atoms with van der Waals surface area (Å²) in [7, 11) is -3.56.